The van der Waals surface area contributed by atoms with E-state index in [0.717, 1.165) is 0 Å². The summed E-state index contributed by atoms with van der Waals surface area (Å²) in [4.78, 5) is 4.26. The molecule has 4 nitrogen and oxygen atoms in total. The van der Waals surface area contributed by atoms with Crippen LogP contribution in [0.15, 0.2) is 23.2 Å². The third-order valence-corrected chi connectivity index (χ3v) is 2.59. The lowest BCUT2D eigenvalue weighted by Gasteiger charge is -2.30. The summed E-state index contributed by atoms with van der Waals surface area (Å²) in [5.74, 6) is 0.0225. The maximum Gasteiger partial charge on any atom is 0.129 e. The summed E-state index contributed by atoms with van der Waals surface area (Å²) in [6.45, 7) is 2.37. The van der Waals surface area contributed by atoms with Gasteiger partial charge < -0.3 is 16.2 Å². The number of rotatable bonds is 1. The molecule has 0 saturated carbocycles. The molecular weight excluding hydrogens is 209 g/mol. The summed E-state index contributed by atoms with van der Waals surface area (Å²) in [6.07, 6.45) is 0. The summed E-state index contributed by atoms with van der Waals surface area (Å²) in [7, 11) is 0. The van der Waals surface area contributed by atoms with Gasteiger partial charge in [0.1, 0.15) is 23.8 Å². The normalized spacial score (nSPS) is 25.2. The van der Waals surface area contributed by atoms with Crippen molar-refractivity contribution in [3.63, 3.8) is 0 Å². The fraction of sp³-hybridized carbons (Fsp3) is 0.364. The van der Waals surface area contributed by atoms with E-state index in [4.69, 9.17) is 16.2 Å². The Morgan fingerprint density at radius 3 is 2.88 bits per heavy atom. The van der Waals surface area contributed by atoms with Gasteiger partial charge in [-0.1, -0.05) is 0 Å². The molecule has 1 heterocycles. The molecule has 0 radical (unpaired) electrons. The molecule has 0 amide bonds. The molecule has 16 heavy (non-hydrogen) atoms. The van der Waals surface area contributed by atoms with E-state index in [1.807, 2.05) is 0 Å². The maximum absolute atomic E-state index is 13.7. The molecule has 0 bridgehead atoms. The standard InChI is InChI=1S/C11H14FN3O/c1-11(6-16-5-10(14)15-11)8-4-7(13)2-3-9(8)12/h2-4H,5-6,13H2,1H3,(H2,14,15). The predicted octanol–water partition coefficient (Wildman–Crippen LogP) is 1.01. The van der Waals surface area contributed by atoms with Gasteiger partial charge in [0.15, 0.2) is 0 Å². The molecule has 2 rings (SSSR count). The Kier molecular flexibility index (Phi) is 2.55. The zero-order chi connectivity index (χ0) is 11.8. The first-order chi connectivity index (χ1) is 7.51. The number of hydrogen-bond donors (Lipinski definition) is 2. The predicted molar refractivity (Wildman–Crippen MR) is 60.6 cm³/mol. The van der Waals surface area contributed by atoms with Gasteiger partial charge in [-0.05, 0) is 25.1 Å². The van der Waals surface area contributed by atoms with Crippen LogP contribution < -0.4 is 11.5 Å². The minimum atomic E-state index is -0.790. The van der Waals surface area contributed by atoms with Crippen LogP contribution in [0.3, 0.4) is 0 Å². The molecule has 86 valence electrons. The second-order valence-electron chi connectivity index (χ2n) is 4.11. The lowest BCUT2D eigenvalue weighted by molar-refractivity contribution is 0.104. The van der Waals surface area contributed by atoms with E-state index in [-0.39, 0.29) is 5.82 Å². The summed E-state index contributed by atoms with van der Waals surface area (Å²) in [5, 5.41) is 0. The van der Waals surface area contributed by atoms with E-state index in [9.17, 15) is 4.39 Å². The van der Waals surface area contributed by atoms with Crippen molar-refractivity contribution in [1.29, 1.82) is 0 Å². The molecule has 0 aromatic heterocycles. The Balaban J connectivity index is 2.50. The zero-order valence-electron chi connectivity index (χ0n) is 9.03. The van der Waals surface area contributed by atoms with Crippen LogP contribution in [0.4, 0.5) is 10.1 Å². The lowest BCUT2D eigenvalue weighted by atomic mass is 9.92. The Labute approximate surface area is 93.1 Å². The molecule has 5 heteroatoms. The number of ether oxygens (including phenoxy) is 1. The highest BCUT2D eigenvalue weighted by atomic mass is 19.1. The Bertz CT molecular complexity index is 447. The summed E-state index contributed by atoms with van der Waals surface area (Å²) in [5.41, 5.74) is 11.4. The van der Waals surface area contributed by atoms with Crippen LogP contribution in [0.25, 0.3) is 0 Å². The van der Waals surface area contributed by atoms with E-state index >= 15 is 0 Å². The van der Waals surface area contributed by atoms with Gasteiger partial charge in [0, 0.05) is 11.3 Å². The number of amidine groups is 1. The zero-order valence-corrected chi connectivity index (χ0v) is 9.03. The van der Waals surface area contributed by atoms with Gasteiger partial charge in [0.25, 0.3) is 0 Å². The van der Waals surface area contributed by atoms with Crippen molar-refractivity contribution >= 4 is 11.5 Å². The Morgan fingerprint density at radius 1 is 1.44 bits per heavy atom. The monoisotopic (exact) mass is 223 g/mol. The number of nitrogen functional groups attached to an aromatic ring is 1. The second-order valence-corrected chi connectivity index (χ2v) is 4.11. The van der Waals surface area contributed by atoms with Crippen LogP contribution in [0.5, 0.6) is 0 Å². The molecule has 0 spiro atoms. The van der Waals surface area contributed by atoms with Crippen molar-refractivity contribution < 1.29 is 9.13 Å². The fourth-order valence-electron chi connectivity index (χ4n) is 1.83. The number of nitrogens with zero attached hydrogens (tertiary/aromatic N) is 1. The third-order valence-electron chi connectivity index (χ3n) is 2.59. The van der Waals surface area contributed by atoms with Gasteiger partial charge in [-0.15, -0.1) is 0 Å². The maximum atomic E-state index is 13.7. The third kappa shape index (κ3) is 1.86. The van der Waals surface area contributed by atoms with Crippen molar-refractivity contribution in [3.8, 4) is 0 Å². The number of halogens is 1. The Morgan fingerprint density at radius 2 is 2.19 bits per heavy atom. The fourth-order valence-corrected chi connectivity index (χ4v) is 1.83. The van der Waals surface area contributed by atoms with Crippen LogP contribution >= 0.6 is 0 Å². The van der Waals surface area contributed by atoms with Crippen LogP contribution in [0, 0.1) is 5.82 Å². The number of anilines is 1. The smallest absolute Gasteiger partial charge is 0.129 e. The SMILES string of the molecule is CC1(c2cc(N)ccc2F)COCC(N)=N1. The molecule has 1 aliphatic rings. The molecule has 4 N–H and O–H groups in total. The van der Waals surface area contributed by atoms with E-state index in [1.54, 1.807) is 13.0 Å². The van der Waals surface area contributed by atoms with Gasteiger partial charge in [0.05, 0.1) is 6.61 Å². The molecule has 0 fully saturated rings. The molecule has 1 atom stereocenters. The summed E-state index contributed by atoms with van der Waals surface area (Å²) >= 11 is 0. The Hall–Kier alpha value is -1.62. The molecule has 1 aromatic carbocycles. The molecule has 1 aliphatic heterocycles. The first-order valence-electron chi connectivity index (χ1n) is 4.99. The molecule has 0 aliphatic carbocycles. The van der Waals surface area contributed by atoms with Crippen LogP contribution in [-0.2, 0) is 10.3 Å². The largest absolute Gasteiger partial charge is 0.399 e. The van der Waals surface area contributed by atoms with Gasteiger partial charge in [-0.2, -0.15) is 0 Å². The van der Waals surface area contributed by atoms with Crippen molar-refractivity contribution in [2.24, 2.45) is 10.7 Å². The van der Waals surface area contributed by atoms with Crippen molar-refractivity contribution in [2.75, 3.05) is 18.9 Å². The second kappa shape index (κ2) is 3.75. The van der Waals surface area contributed by atoms with Crippen molar-refractivity contribution in [1.82, 2.24) is 0 Å². The lowest BCUT2D eigenvalue weighted by Crippen LogP contribution is -2.38. The first-order valence-corrected chi connectivity index (χ1v) is 4.99. The number of benzene rings is 1. The average molecular weight is 223 g/mol. The summed E-state index contributed by atoms with van der Waals surface area (Å²) in [6, 6.07) is 4.41. The molecule has 1 aromatic rings. The molecule has 0 saturated heterocycles. The van der Waals surface area contributed by atoms with E-state index in [1.165, 1.54) is 12.1 Å². The van der Waals surface area contributed by atoms with Crippen molar-refractivity contribution in [3.05, 3.63) is 29.6 Å². The number of nitrogens with two attached hydrogens (primary N) is 2. The van der Waals surface area contributed by atoms with E-state index in [2.05, 4.69) is 4.99 Å². The van der Waals surface area contributed by atoms with Crippen LogP contribution in [-0.4, -0.2) is 19.0 Å². The average Bonchev–Trinajstić information content (AvgIpc) is 2.21. The number of hydrogen-bond acceptors (Lipinski definition) is 4. The van der Waals surface area contributed by atoms with Crippen LogP contribution in [0.1, 0.15) is 12.5 Å². The highest BCUT2D eigenvalue weighted by molar-refractivity contribution is 5.82. The van der Waals surface area contributed by atoms with Gasteiger partial charge in [-0.25, -0.2) is 4.39 Å². The van der Waals surface area contributed by atoms with Gasteiger partial charge >= 0.3 is 0 Å². The minimum absolute atomic E-state index is 0.291. The highest BCUT2D eigenvalue weighted by Gasteiger charge is 2.32. The molecular formula is C11H14FN3O. The van der Waals surface area contributed by atoms with E-state index in [0.29, 0.717) is 30.3 Å². The van der Waals surface area contributed by atoms with Gasteiger partial charge in [0.2, 0.25) is 0 Å². The van der Waals surface area contributed by atoms with Gasteiger partial charge in [-0.3, -0.25) is 4.99 Å². The number of aliphatic imine (C=N–C) groups is 1. The minimum Gasteiger partial charge on any atom is -0.399 e. The van der Waals surface area contributed by atoms with Crippen LogP contribution in [0.2, 0.25) is 0 Å². The quantitative estimate of drug-likeness (QED) is 0.698. The summed E-state index contributed by atoms with van der Waals surface area (Å²) < 4.78 is 19.0. The first kappa shape index (κ1) is 10.9. The van der Waals surface area contributed by atoms with E-state index < -0.39 is 5.54 Å². The topological polar surface area (TPSA) is 73.6 Å². The highest BCUT2D eigenvalue weighted by Crippen LogP contribution is 2.31. The molecule has 1 unspecified atom stereocenters. The van der Waals surface area contributed by atoms with Crippen molar-refractivity contribution in [2.45, 2.75) is 12.5 Å².